The van der Waals surface area contributed by atoms with Crippen LogP contribution in [0, 0.1) is 5.92 Å². The standard InChI is InChI=1S/C17H18ClNO2S/c1-21-17(20)13-4-2-12(3-5-13)16-19-15(10-22-16)11-6-8-14(18)9-7-11/h6-10,12-13H,2-5H2,1H3. The third kappa shape index (κ3) is 3.33. The van der Waals surface area contributed by atoms with Crippen molar-refractivity contribution in [2.45, 2.75) is 31.6 Å². The fraction of sp³-hybridized carbons (Fsp3) is 0.412. The minimum absolute atomic E-state index is 0.0666. The lowest BCUT2D eigenvalue weighted by Crippen LogP contribution is -2.22. The molecule has 0 saturated heterocycles. The number of nitrogens with zero attached hydrogens (tertiary/aromatic N) is 1. The number of carbonyl (C=O) groups excluding carboxylic acids is 1. The molecule has 0 aliphatic heterocycles. The zero-order valence-electron chi connectivity index (χ0n) is 12.4. The van der Waals surface area contributed by atoms with Crippen LogP contribution in [-0.4, -0.2) is 18.1 Å². The fourth-order valence-electron chi connectivity index (χ4n) is 2.97. The van der Waals surface area contributed by atoms with Crippen molar-refractivity contribution in [1.82, 2.24) is 4.98 Å². The number of hydrogen-bond donors (Lipinski definition) is 0. The van der Waals surface area contributed by atoms with Crippen LogP contribution in [0.5, 0.6) is 0 Å². The maximum atomic E-state index is 11.6. The van der Waals surface area contributed by atoms with E-state index in [-0.39, 0.29) is 11.9 Å². The average molecular weight is 336 g/mol. The Hall–Kier alpha value is -1.39. The van der Waals surface area contributed by atoms with Gasteiger partial charge in [0.15, 0.2) is 0 Å². The van der Waals surface area contributed by atoms with Gasteiger partial charge in [-0.1, -0.05) is 23.7 Å². The van der Waals surface area contributed by atoms with Crippen molar-refractivity contribution >= 4 is 28.9 Å². The van der Waals surface area contributed by atoms with E-state index in [9.17, 15) is 4.79 Å². The Labute approximate surface area is 139 Å². The maximum absolute atomic E-state index is 11.6. The summed E-state index contributed by atoms with van der Waals surface area (Å²) in [7, 11) is 1.47. The van der Waals surface area contributed by atoms with Gasteiger partial charge < -0.3 is 4.74 Å². The van der Waals surface area contributed by atoms with Crippen molar-refractivity contribution in [1.29, 1.82) is 0 Å². The summed E-state index contributed by atoms with van der Waals surface area (Å²) in [6.07, 6.45) is 3.81. The molecule has 0 N–H and O–H groups in total. The van der Waals surface area contributed by atoms with E-state index < -0.39 is 0 Å². The summed E-state index contributed by atoms with van der Waals surface area (Å²) < 4.78 is 4.84. The van der Waals surface area contributed by atoms with Crippen LogP contribution in [0.2, 0.25) is 5.02 Å². The second kappa shape index (κ2) is 6.80. The van der Waals surface area contributed by atoms with Crippen molar-refractivity contribution in [3.05, 3.63) is 39.7 Å². The molecule has 0 atom stereocenters. The Morgan fingerprint density at radius 2 is 1.91 bits per heavy atom. The first-order valence-electron chi connectivity index (χ1n) is 7.46. The van der Waals surface area contributed by atoms with Gasteiger partial charge in [-0.3, -0.25) is 4.79 Å². The Bertz CT molecular complexity index is 645. The minimum Gasteiger partial charge on any atom is -0.469 e. The highest BCUT2D eigenvalue weighted by molar-refractivity contribution is 7.10. The van der Waals surface area contributed by atoms with Crippen molar-refractivity contribution in [2.75, 3.05) is 7.11 Å². The second-order valence-electron chi connectivity index (χ2n) is 5.65. The number of methoxy groups -OCH3 is 1. The Morgan fingerprint density at radius 3 is 2.55 bits per heavy atom. The van der Waals surface area contributed by atoms with E-state index >= 15 is 0 Å². The van der Waals surface area contributed by atoms with Crippen LogP contribution in [0.1, 0.15) is 36.6 Å². The molecule has 1 saturated carbocycles. The first-order chi connectivity index (χ1) is 10.7. The summed E-state index contributed by atoms with van der Waals surface area (Å²) >= 11 is 7.63. The van der Waals surface area contributed by atoms with Crippen molar-refractivity contribution in [3.63, 3.8) is 0 Å². The zero-order chi connectivity index (χ0) is 15.5. The summed E-state index contributed by atoms with van der Waals surface area (Å²) in [5.74, 6) is 0.461. The number of halogens is 1. The molecule has 1 heterocycles. The molecule has 116 valence electrons. The number of aromatic nitrogens is 1. The largest absolute Gasteiger partial charge is 0.469 e. The van der Waals surface area contributed by atoms with Crippen LogP contribution in [-0.2, 0) is 9.53 Å². The predicted molar refractivity (Wildman–Crippen MR) is 89.3 cm³/mol. The highest BCUT2D eigenvalue weighted by Gasteiger charge is 2.29. The molecule has 0 bridgehead atoms. The van der Waals surface area contributed by atoms with Crippen LogP contribution in [0.3, 0.4) is 0 Å². The number of hydrogen-bond acceptors (Lipinski definition) is 4. The van der Waals surface area contributed by atoms with Crippen LogP contribution in [0.15, 0.2) is 29.6 Å². The Balaban J connectivity index is 1.67. The summed E-state index contributed by atoms with van der Waals surface area (Å²) in [6.45, 7) is 0. The van der Waals surface area contributed by atoms with Gasteiger partial charge in [-0.05, 0) is 37.8 Å². The fourth-order valence-corrected chi connectivity index (χ4v) is 4.10. The molecular formula is C17H18ClNO2S. The molecule has 1 aromatic heterocycles. The van der Waals surface area contributed by atoms with E-state index in [0.29, 0.717) is 5.92 Å². The number of benzene rings is 1. The van der Waals surface area contributed by atoms with Crippen LogP contribution in [0.25, 0.3) is 11.3 Å². The van der Waals surface area contributed by atoms with E-state index in [4.69, 9.17) is 21.3 Å². The summed E-state index contributed by atoms with van der Waals surface area (Å²) in [5.41, 5.74) is 2.10. The van der Waals surface area contributed by atoms with Crippen LogP contribution >= 0.6 is 22.9 Å². The lowest BCUT2D eigenvalue weighted by Gasteiger charge is -2.25. The maximum Gasteiger partial charge on any atom is 0.308 e. The summed E-state index contributed by atoms with van der Waals surface area (Å²) in [6, 6.07) is 7.76. The van der Waals surface area contributed by atoms with Gasteiger partial charge in [0.05, 0.1) is 23.7 Å². The van der Waals surface area contributed by atoms with Gasteiger partial charge in [0.25, 0.3) is 0 Å². The molecule has 22 heavy (non-hydrogen) atoms. The molecule has 3 nitrogen and oxygen atoms in total. The van der Waals surface area contributed by atoms with Crippen molar-refractivity contribution in [2.24, 2.45) is 5.92 Å². The molecule has 1 fully saturated rings. The zero-order valence-corrected chi connectivity index (χ0v) is 14.0. The molecule has 1 aliphatic carbocycles. The van der Waals surface area contributed by atoms with E-state index in [0.717, 1.165) is 42.0 Å². The molecule has 1 aliphatic rings. The molecule has 0 spiro atoms. The molecular weight excluding hydrogens is 318 g/mol. The lowest BCUT2D eigenvalue weighted by atomic mass is 9.82. The monoisotopic (exact) mass is 335 g/mol. The quantitative estimate of drug-likeness (QED) is 0.748. The third-order valence-electron chi connectivity index (χ3n) is 4.27. The molecule has 3 rings (SSSR count). The van der Waals surface area contributed by atoms with E-state index in [1.807, 2.05) is 24.3 Å². The number of carbonyl (C=O) groups is 1. The summed E-state index contributed by atoms with van der Waals surface area (Å²) in [4.78, 5) is 16.4. The van der Waals surface area contributed by atoms with Crippen molar-refractivity contribution in [3.8, 4) is 11.3 Å². The Morgan fingerprint density at radius 1 is 1.23 bits per heavy atom. The minimum atomic E-state index is -0.0700. The number of ether oxygens (including phenoxy) is 1. The van der Waals surface area contributed by atoms with Gasteiger partial charge in [-0.2, -0.15) is 0 Å². The van der Waals surface area contributed by atoms with E-state index in [2.05, 4.69) is 5.38 Å². The SMILES string of the molecule is COC(=O)C1CCC(c2nc(-c3ccc(Cl)cc3)cs2)CC1. The molecule has 0 amide bonds. The van der Waals surface area contributed by atoms with Gasteiger partial charge >= 0.3 is 5.97 Å². The smallest absolute Gasteiger partial charge is 0.308 e. The average Bonchev–Trinajstić information content (AvgIpc) is 3.05. The molecule has 1 aromatic carbocycles. The number of thiazole rings is 1. The van der Waals surface area contributed by atoms with Gasteiger partial charge in [0.1, 0.15) is 0 Å². The summed E-state index contributed by atoms with van der Waals surface area (Å²) in [5, 5.41) is 4.01. The lowest BCUT2D eigenvalue weighted by molar-refractivity contribution is -0.146. The van der Waals surface area contributed by atoms with E-state index in [1.54, 1.807) is 11.3 Å². The van der Waals surface area contributed by atoms with Gasteiger partial charge in [-0.15, -0.1) is 11.3 Å². The van der Waals surface area contributed by atoms with Crippen LogP contribution < -0.4 is 0 Å². The first kappa shape index (κ1) is 15.5. The Kier molecular flexibility index (Phi) is 4.79. The van der Waals surface area contributed by atoms with Crippen LogP contribution in [0.4, 0.5) is 0 Å². The molecule has 2 aromatic rings. The predicted octanol–water partition coefficient (Wildman–Crippen LogP) is 4.91. The highest BCUT2D eigenvalue weighted by atomic mass is 35.5. The first-order valence-corrected chi connectivity index (χ1v) is 8.72. The number of esters is 1. The topological polar surface area (TPSA) is 39.2 Å². The van der Waals surface area contributed by atoms with Gasteiger partial charge in [0.2, 0.25) is 0 Å². The molecule has 0 unspecified atom stereocenters. The van der Waals surface area contributed by atoms with Crippen molar-refractivity contribution < 1.29 is 9.53 Å². The third-order valence-corrected chi connectivity index (χ3v) is 5.53. The van der Waals surface area contributed by atoms with Gasteiger partial charge in [0, 0.05) is 21.9 Å². The van der Waals surface area contributed by atoms with Gasteiger partial charge in [-0.25, -0.2) is 4.98 Å². The molecule has 5 heteroatoms. The highest BCUT2D eigenvalue weighted by Crippen LogP contribution is 2.38. The number of rotatable bonds is 3. The van der Waals surface area contributed by atoms with E-state index in [1.165, 1.54) is 12.1 Å². The molecule has 0 radical (unpaired) electrons. The second-order valence-corrected chi connectivity index (χ2v) is 6.98. The normalized spacial score (nSPS) is 21.5.